The summed E-state index contributed by atoms with van der Waals surface area (Å²) >= 11 is 0. The van der Waals surface area contributed by atoms with Crippen LogP contribution in [0.5, 0.6) is 0 Å². The molecule has 1 aromatic heterocycles. The molecule has 6 heteroatoms. The number of esters is 1. The summed E-state index contributed by atoms with van der Waals surface area (Å²) in [5.74, 6) is -0.384. The highest BCUT2D eigenvalue weighted by Gasteiger charge is 2.22. The number of hydrogen-bond donors (Lipinski definition) is 0. The van der Waals surface area contributed by atoms with Crippen LogP contribution in [0.2, 0.25) is 0 Å². The lowest BCUT2D eigenvalue weighted by atomic mass is 10.2. The van der Waals surface area contributed by atoms with Gasteiger partial charge in [0.05, 0.1) is 19.3 Å². The monoisotopic (exact) mass is 339 g/mol. The summed E-state index contributed by atoms with van der Waals surface area (Å²) in [6, 6.07) is 11.6. The summed E-state index contributed by atoms with van der Waals surface area (Å²) in [5, 5.41) is 4.27. The van der Waals surface area contributed by atoms with E-state index in [1.807, 2.05) is 47.4 Å². The molecule has 2 heterocycles. The van der Waals surface area contributed by atoms with Crippen molar-refractivity contribution in [3.05, 3.63) is 59.4 Å². The van der Waals surface area contributed by atoms with Crippen LogP contribution in [0.3, 0.4) is 0 Å². The van der Waals surface area contributed by atoms with Gasteiger partial charge in [0.1, 0.15) is 0 Å². The Morgan fingerprint density at radius 3 is 2.80 bits per heavy atom. The van der Waals surface area contributed by atoms with Crippen molar-refractivity contribution in [1.29, 1.82) is 0 Å². The third-order valence-electron chi connectivity index (χ3n) is 4.16. The second kappa shape index (κ2) is 7.79. The first-order chi connectivity index (χ1) is 12.2. The lowest BCUT2D eigenvalue weighted by molar-refractivity contribution is -0.130. The number of carbonyl (C=O) groups excluding carboxylic acids is 2. The van der Waals surface area contributed by atoms with Crippen molar-refractivity contribution in [2.75, 3.05) is 13.7 Å². The lowest BCUT2D eigenvalue weighted by Crippen LogP contribution is -2.30. The van der Waals surface area contributed by atoms with Crippen molar-refractivity contribution in [3.63, 3.8) is 0 Å². The molecule has 3 rings (SSSR count). The quantitative estimate of drug-likeness (QED) is 0.803. The van der Waals surface area contributed by atoms with Gasteiger partial charge in [-0.2, -0.15) is 5.10 Å². The Bertz CT molecular complexity index is 780. The molecule has 0 aliphatic carbocycles. The molecule has 0 saturated carbocycles. The van der Waals surface area contributed by atoms with Gasteiger partial charge in [0.25, 0.3) is 0 Å². The fourth-order valence-electron chi connectivity index (χ4n) is 2.87. The van der Waals surface area contributed by atoms with Crippen molar-refractivity contribution < 1.29 is 14.3 Å². The van der Waals surface area contributed by atoms with E-state index in [1.54, 1.807) is 10.7 Å². The Hall–Kier alpha value is -2.89. The minimum Gasteiger partial charge on any atom is -0.464 e. The lowest BCUT2D eigenvalue weighted by Gasteiger charge is -2.19. The topological polar surface area (TPSA) is 64.4 Å². The highest BCUT2D eigenvalue weighted by atomic mass is 16.5. The normalized spacial score (nSPS) is 14.2. The maximum atomic E-state index is 12.5. The van der Waals surface area contributed by atoms with E-state index in [4.69, 9.17) is 4.74 Å². The highest BCUT2D eigenvalue weighted by Crippen LogP contribution is 2.15. The first-order valence-corrected chi connectivity index (χ1v) is 8.32. The molecule has 130 valence electrons. The van der Waals surface area contributed by atoms with E-state index in [9.17, 15) is 9.59 Å². The summed E-state index contributed by atoms with van der Waals surface area (Å²) in [6.45, 7) is 1.84. The van der Waals surface area contributed by atoms with Crippen LogP contribution in [-0.4, -0.2) is 40.2 Å². The molecular formula is C19H21N3O3. The molecule has 0 atom stereocenters. The molecule has 6 nitrogen and oxygen atoms in total. The van der Waals surface area contributed by atoms with Crippen molar-refractivity contribution in [3.8, 4) is 0 Å². The van der Waals surface area contributed by atoms with E-state index in [0.29, 0.717) is 26.1 Å². The van der Waals surface area contributed by atoms with Crippen LogP contribution in [0.15, 0.2) is 42.5 Å². The third kappa shape index (κ3) is 4.15. The van der Waals surface area contributed by atoms with Gasteiger partial charge in [-0.3, -0.25) is 9.48 Å². The number of hydrogen-bond acceptors (Lipinski definition) is 4. The molecule has 1 aliphatic rings. The Morgan fingerprint density at radius 2 is 2.04 bits per heavy atom. The predicted octanol–water partition coefficient (Wildman–Crippen LogP) is 2.51. The molecule has 1 aromatic carbocycles. The molecule has 0 radical (unpaired) electrons. The van der Waals surface area contributed by atoms with E-state index in [1.165, 1.54) is 7.11 Å². The van der Waals surface area contributed by atoms with E-state index >= 15 is 0 Å². The van der Waals surface area contributed by atoms with E-state index in [0.717, 1.165) is 17.7 Å². The van der Waals surface area contributed by atoms with Crippen LogP contribution in [0.4, 0.5) is 0 Å². The molecule has 0 bridgehead atoms. The molecule has 1 amide bonds. The zero-order valence-corrected chi connectivity index (χ0v) is 14.2. The van der Waals surface area contributed by atoms with Gasteiger partial charge in [0, 0.05) is 19.5 Å². The minimum atomic E-state index is -0.454. The zero-order chi connectivity index (χ0) is 17.6. The minimum absolute atomic E-state index is 0.0708. The molecule has 25 heavy (non-hydrogen) atoms. The summed E-state index contributed by atoms with van der Waals surface area (Å²) in [6.07, 6.45) is 5.01. The number of aryl methyl sites for hydroxylation is 1. The molecular weight excluding hydrogens is 318 g/mol. The molecule has 0 fully saturated rings. The molecule has 0 saturated heterocycles. The molecule has 2 aromatic rings. The van der Waals surface area contributed by atoms with Crippen LogP contribution < -0.4 is 0 Å². The number of ether oxygens (including phenoxy) is 1. The molecule has 0 N–H and O–H groups in total. The number of rotatable bonds is 4. The first-order valence-electron chi connectivity index (χ1n) is 8.32. The standard InChI is InChI=1S/C19H21N3O3/c1-25-19(24)17-13-16-14-21(11-6-12-22(16)20-17)18(23)10-5-9-15-7-3-2-4-8-15/h2-5,7-9,13H,6,10-12,14H2,1H3/b9-5+. The number of nitrogens with zero attached hydrogens (tertiary/aromatic N) is 3. The number of benzene rings is 1. The molecule has 0 unspecified atom stereocenters. The second-order valence-electron chi connectivity index (χ2n) is 5.92. The Labute approximate surface area is 146 Å². The predicted molar refractivity (Wildman–Crippen MR) is 93.7 cm³/mol. The number of carbonyl (C=O) groups is 2. The Morgan fingerprint density at radius 1 is 1.24 bits per heavy atom. The number of methoxy groups -OCH3 is 1. The van der Waals surface area contributed by atoms with Gasteiger partial charge in [0.2, 0.25) is 5.91 Å². The van der Waals surface area contributed by atoms with Gasteiger partial charge < -0.3 is 9.64 Å². The summed E-state index contributed by atoms with van der Waals surface area (Å²) in [7, 11) is 1.34. The Kier molecular flexibility index (Phi) is 5.28. The summed E-state index contributed by atoms with van der Waals surface area (Å²) < 4.78 is 6.50. The maximum Gasteiger partial charge on any atom is 0.358 e. The van der Waals surface area contributed by atoms with Gasteiger partial charge in [-0.15, -0.1) is 0 Å². The summed E-state index contributed by atoms with van der Waals surface area (Å²) in [4.78, 5) is 25.9. The number of fused-ring (bicyclic) bond motifs is 1. The van der Waals surface area contributed by atoms with Gasteiger partial charge in [-0.25, -0.2) is 4.79 Å². The van der Waals surface area contributed by atoms with E-state index in [2.05, 4.69) is 5.10 Å². The molecule has 1 aliphatic heterocycles. The SMILES string of the molecule is COC(=O)c1cc2n(n1)CCCN(C(=O)C/C=C/c1ccccc1)C2. The number of amides is 1. The van der Waals surface area contributed by atoms with Crippen molar-refractivity contribution in [2.45, 2.75) is 25.9 Å². The van der Waals surface area contributed by atoms with Gasteiger partial charge in [-0.05, 0) is 18.1 Å². The first kappa shape index (κ1) is 17.0. The van der Waals surface area contributed by atoms with Crippen LogP contribution in [-0.2, 0) is 22.6 Å². The second-order valence-corrected chi connectivity index (χ2v) is 5.92. The van der Waals surface area contributed by atoms with Crippen molar-refractivity contribution >= 4 is 18.0 Å². The maximum absolute atomic E-state index is 12.5. The van der Waals surface area contributed by atoms with Crippen LogP contribution in [0.25, 0.3) is 6.08 Å². The smallest absolute Gasteiger partial charge is 0.358 e. The zero-order valence-electron chi connectivity index (χ0n) is 14.2. The third-order valence-corrected chi connectivity index (χ3v) is 4.16. The van der Waals surface area contributed by atoms with Crippen LogP contribution >= 0.6 is 0 Å². The average Bonchev–Trinajstić information content (AvgIpc) is 2.93. The van der Waals surface area contributed by atoms with Gasteiger partial charge in [-0.1, -0.05) is 42.5 Å². The average molecular weight is 339 g/mol. The van der Waals surface area contributed by atoms with E-state index in [-0.39, 0.29) is 11.6 Å². The fraction of sp³-hybridized carbons (Fsp3) is 0.316. The van der Waals surface area contributed by atoms with Crippen LogP contribution in [0.1, 0.15) is 34.6 Å². The van der Waals surface area contributed by atoms with E-state index < -0.39 is 5.97 Å². The van der Waals surface area contributed by atoms with Gasteiger partial charge >= 0.3 is 5.97 Å². The van der Waals surface area contributed by atoms with Gasteiger partial charge in [0.15, 0.2) is 5.69 Å². The highest BCUT2D eigenvalue weighted by molar-refractivity contribution is 5.87. The largest absolute Gasteiger partial charge is 0.464 e. The van der Waals surface area contributed by atoms with Crippen LogP contribution in [0, 0.1) is 0 Å². The fourth-order valence-corrected chi connectivity index (χ4v) is 2.87. The molecule has 0 spiro atoms. The van der Waals surface area contributed by atoms with Crippen molar-refractivity contribution in [2.24, 2.45) is 0 Å². The number of aromatic nitrogens is 2. The van der Waals surface area contributed by atoms with Crippen molar-refractivity contribution in [1.82, 2.24) is 14.7 Å². The Balaban J connectivity index is 1.64. The summed E-state index contributed by atoms with van der Waals surface area (Å²) in [5.41, 5.74) is 2.22.